The molecule has 112 valence electrons. The van der Waals surface area contributed by atoms with Crippen LogP contribution in [0.15, 0.2) is 18.2 Å². The third kappa shape index (κ3) is 2.99. The molecular weight excluding hydrogens is 313 g/mol. The molecular formula is C14H15Cl2N3O2. The molecule has 0 amide bonds. The van der Waals surface area contributed by atoms with E-state index in [-0.39, 0.29) is 18.1 Å². The molecule has 2 aromatic rings. The number of carbonyl (C=O) groups is 1. The molecule has 7 heteroatoms. The van der Waals surface area contributed by atoms with Gasteiger partial charge in [0.05, 0.1) is 17.3 Å². The summed E-state index contributed by atoms with van der Waals surface area (Å²) >= 11 is 12.1. The Morgan fingerprint density at radius 1 is 1.38 bits per heavy atom. The Balaban J connectivity index is 2.60. The molecule has 0 saturated carbocycles. The van der Waals surface area contributed by atoms with Crippen molar-refractivity contribution in [1.82, 2.24) is 9.55 Å². The molecule has 0 aliphatic heterocycles. The van der Waals surface area contributed by atoms with Crippen LogP contribution in [0.4, 0.5) is 5.82 Å². The van der Waals surface area contributed by atoms with Gasteiger partial charge in [0.15, 0.2) is 5.69 Å². The number of aromatic nitrogens is 2. The number of nitrogens with two attached hydrogens (primary N) is 1. The molecule has 1 heterocycles. The number of nitrogen functional groups attached to an aromatic ring is 1. The van der Waals surface area contributed by atoms with Crippen LogP contribution in [0.2, 0.25) is 10.0 Å². The fraction of sp³-hybridized carbons (Fsp3) is 0.286. The van der Waals surface area contributed by atoms with Gasteiger partial charge in [-0.3, -0.25) is 4.57 Å². The second-order valence-corrected chi connectivity index (χ2v) is 5.11. The van der Waals surface area contributed by atoms with Crippen molar-refractivity contribution >= 4 is 35.0 Å². The van der Waals surface area contributed by atoms with Crippen molar-refractivity contribution in [2.24, 2.45) is 0 Å². The second kappa shape index (κ2) is 6.37. The van der Waals surface area contributed by atoms with Crippen molar-refractivity contribution < 1.29 is 9.53 Å². The molecule has 0 bridgehead atoms. The van der Waals surface area contributed by atoms with Crippen LogP contribution >= 0.6 is 23.2 Å². The first-order valence-electron chi connectivity index (χ1n) is 6.49. The number of nitrogens with zero attached hydrogens (tertiary/aromatic N) is 2. The van der Waals surface area contributed by atoms with Gasteiger partial charge >= 0.3 is 5.97 Å². The van der Waals surface area contributed by atoms with Crippen LogP contribution < -0.4 is 5.73 Å². The summed E-state index contributed by atoms with van der Waals surface area (Å²) in [6, 6.07) is 5.05. The molecule has 1 aromatic heterocycles. The van der Waals surface area contributed by atoms with Crippen LogP contribution in [0.3, 0.4) is 0 Å². The lowest BCUT2D eigenvalue weighted by Crippen LogP contribution is -2.09. The Morgan fingerprint density at radius 2 is 2.10 bits per heavy atom. The number of hydrogen-bond donors (Lipinski definition) is 1. The quantitative estimate of drug-likeness (QED) is 0.872. The zero-order chi connectivity index (χ0) is 15.6. The van der Waals surface area contributed by atoms with Crippen LogP contribution in [0.1, 0.15) is 30.2 Å². The Hall–Kier alpha value is -1.72. The van der Waals surface area contributed by atoms with Gasteiger partial charge in [-0.15, -0.1) is 0 Å². The zero-order valence-electron chi connectivity index (χ0n) is 11.7. The standard InChI is InChI=1S/C14H15Cl2N3O2/c1-3-11-18-12(14(20)21-4-2)13(17)19(11)10-6-5-8(15)7-9(10)16/h5-7H,3-4,17H2,1-2H3. The Labute approximate surface area is 132 Å². The molecule has 0 radical (unpaired) electrons. The minimum atomic E-state index is -0.548. The lowest BCUT2D eigenvalue weighted by atomic mass is 10.3. The van der Waals surface area contributed by atoms with Gasteiger partial charge in [0.1, 0.15) is 11.6 Å². The van der Waals surface area contributed by atoms with Crippen molar-refractivity contribution in [1.29, 1.82) is 0 Å². The molecule has 0 atom stereocenters. The highest BCUT2D eigenvalue weighted by Crippen LogP contribution is 2.29. The van der Waals surface area contributed by atoms with E-state index in [0.29, 0.717) is 28.0 Å². The number of aryl methyl sites for hydroxylation is 1. The summed E-state index contributed by atoms with van der Waals surface area (Å²) in [4.78, 5) is 16.1. The summed E-state index contributed by atoms with van der Waals surface area (Å²) in [5.41, 5.74) is 6.78. The van der Waals surface area contributed by atoms with Crippen LogP contribution in [-0.4, -0.2) is 22.1 Å². The lowest BCUT2D eigenvalue weighted by molar-refractivity contribution is 0.0521. The molecule has 2 N–H and O–H groups in total. The van der Waals surface area contributed by atoms with E-state index in [1.165, 1.54) is 0 Å². The van der Waals surface area contributed by atoms with Gasteiger partial charge in [-0.25, -0.2) is 9.78 Å². The second-order valence-electron chi connectivity index (χ2n) is 4.27. The summed E-state index contributed by atoms with van der Waals surface area (Å²) in [6.45, 7) is 3.90. The number of anilines is 1. The van der Waals surface area contributed by atoms with Crippen molar-refractivity contribution in [3.8, 4) is 5.69 Å². The number of benzene rings is 1. The lowest BCUT2D eigenvalue weighted by Gasteiger charge is -2.11. The first-order chi connectivity index (χ1) is 9.99. The highest BCUT2D eigenvalue weighted by Gasteiger charge is 2.22. The van der Waals surface area contributed by atoms with Gasteiger partial charge in [0.2, 0.25) is 0 Å². The predicted molar refractivity (Wildman–Crippen MR) is 83.3 cm³/mol. The van der Waals surface area contributed by atoms with E-state index in [4.69, 9.17) is 33.7 Å². The molecule has 5 nitrogen and oxygen atoms in total. The number of esters is 1. The fourth-order valence-corrected chi connectivity index (χ4v) is 2.49. The van der Waals surface area contributed by atoms with E-state index in [1.54, 1.807) is 29.7 Å². The van der Waals surface area contributed by atoms with Gasteiger partial charge in [-0.05, 0) is 25.1 Å². The monoisotopic (exact) mass is 327 g/mol. The first kappa shape index (κ1) is 15.7. The average Bonchev–Trinajstić information content (AvgIpc) is 2.76. The van der Waals surface area contributed by atoms with E-state index in [0.717, 1.165) is 0 Å². The average molecular weight is 328 g/mol. The minimum Gasteiger partial charge on any atom is -0.461 e. The Morgan fingerprint density at radius 3 is 2.67 bits per heavy atom. The largest absolute Gasteiger partial charge is 0.461 e. The molecule has 0 unspecified atom stereocenters. The van der Waals surface area contributed by atoms with Crippen LogP contribution in [0.5, 0.6) is 0 Å². The van der Waals surface area contributed by atoms with Crippen molar-refractivity contribution in [3.63, 3.8) is 0 Å². The van der Waals surface area contributed by atoms with Crippen molar-refractivity contribution in [2.45, 2.75) is 20.3 Å². The normalized spacial score (nSPS) is 10.7. The van der Waals surface area contributed by atoms with Gasteiger partial charge < -0.3 is 10.5 Å². The molecule has 0 aliphatic carbocycles. The number of halogens is 2. The van der Waals surface area contributed by atoms with E-state index >= 15 is 0 Å². The number of carbonyl (C=O) groups excluding carboxylic acids is 1. The highest BCUT2D eigenvalue weighted by atomic mass is 35.5. The number of rotatable bonds is 4. The van der Waals surface area contributed by atoms with Crippen LogP contribution in [0, 0.1) is 0 Å². The molecule has 0 aliphatic rings. The smallest absolute Gasteiger partial charge is 0.360 e. The van der Waals surface area contributed by atoms with E-state index in [9.17, 15) is 4.79 Å². The van der Waals surface area contributed by atoms with E-state index in [2.05, 4.69) is 4.98 Å². The summed E-state index contributed by atoms with van der Waals surface area (Å²) < 4.78 is 6.60. The first-order valence-corrected chi connectivity index (χ1v) is 7.24. The minimum absolute atomic E-state index is 0.0970. The van der Waals surface area contributed by atoms with Gasteiger partial charge in [-0.1, -0.05) is 30.1 Å². The molecule has 21 heavy (non-hydrogen) atoms. The summed E-state index contributed by atoms with van der Waals surface area (Å²) in [5, 5.41) is 0.947. The Kier molecular flexibility index (Phi) is 4.75. The summed E-state index contributed by atoms with van der Waals surface area (Å²) in [5.74, 6) is 0.280. The van der Waals surface area contributed by atoms with Gasteiger partial charge in [-0.2, -0.15) is 0 Å². The SMILES string of the molecule is CCOC(=O)c1nc(CC)n(-c2ccc(Cl)cc2Cl)c1N. The van der Waals surface area contributed by atoms with E-state index < -0.39 is 5.97 Å². The van der Waals surface area contributed by atoms with Crippen molar-refractivity contribution in [2.75, 3.05) is 12.3 Å². The summed E-state index contributed by atoms with van der Waals surface area (Å²) in [6.07, 6.45) is 0.586. The molecule has 0 spiro atoms. The third-order valence-electron chi connectivity index (χ3n) is 2.92. The zero-order valence-corrected chi connectivity index (χ0v) is 13.2. The topological polar surface area (TPSA) is 70.1 Å². The highest BCUT2D eigenvalue weighted by molar-refractivity contribution is 6.35. The van der Waals surface area contributed by atoms with Crippen molar-refractivity contribution in [3.05, 3.63) is 39.8 Å². The maximum atomic E-state index is 11.9. The number of hydrogen-bond acceptors (Lipinski definition) is 4. The maximum absolute atomic E-state index is 11.9. The molecule has 0 saturated heterocycles. The fourth-order valence-electron chi connectivity index (χ4n) is 2.00. The van der Waals surface area contributed by atoms with Gasteiger partial charge in [0.25, 0.3) is 0 Å². The molecule has 2 rings (SSSR count). The summed E-state index contributed by atoms with van der Waals surface area (Å²) in [7, 11) is 0. The molecule has 0 fully saturated rings. The van der Waals surface area contributed by atoms with Gasteiger partial charge in [0, 0.05) is 11.4 Å². The Bertz CT molecular complexity index is 683. The maximum Gasteiger partial charge on any atom is 0.360 e. The van der Waals surface area contributed by atoms with E-state index in [1.807, 2.05) is 6.92 Å². The third-order valence-corrected chi connectivity index (χ3v) is 3.46. The molecule has 1 aromatic carbocycles. The van der Waals surface area contributed by atoms with Crippen LogP contribution in [-0.2, 0) is 11.2 Å². The number of ether oxygens (including phenoxy) is 1. The number of imidazole rings is 1. The predicted octanol–water partition coefficient (Wildman–Crippen LogP) is 3.50. The van der Waals surface area contributed by atoms with Crippen LogP contribution in [0.25, 0.3) is 5.69 Å².